The summed E-state index contributed by atoms with van der Waals surface area (Å²) in [5, 5.41) is 0. The molecule has 226 valence electrons. The second-order valence-corrected chi connectivity index (χ2v) is 9.99. The average Bonchev–Trinajstić information content (AvgIpc) is 2.87. The highest BCUT2D eigenvalue weighted by atomic mass is 16.8. The summed E-state index contributed by atoms with van der Waals surface area (Å²) in [5.74, 6) is -0.949. The molecule has 12 heteroatoms. The third kappa shape index (κ3) is 13.0. The van der Waals surface area contributed by atoms with Gasteiger partial charge in [-0.2, -0.15) is 0 Å². The standard InChI is InChI=1S/C28H43NO11/c1-9-17(4)35-25(31)38-22-13-12-20(15-23(22)39-26(32)36-18(5)10-2)14-21(29)24(30)34-16-19(6)37-27(33)40-28(7,8)11-3/h12-13,15,17-19,21H,9-11,14,16,29H2,1-8H3/t17?,18?,19-,21-/m0/s1. The summed E-state index contributed by atoms with van der Waals surface area (Å²) in [6.07, 6.45) is -2.63. The number of hydrogen-bond acceptors (Lipinski definition) is 12. The van der Waals surface area contributed by atoms with Gasteiger partial charge in [-0.15, -0.1) is 0 Å². The van der Waals surface area contributed by atoms with Crippen LogP contribution >= 0.6 is 0 Å². The fourth-order valence-electron chi connectivity index (χ4n) is 2.73. The number of carbonyl (C=O) groups is 4. The summed E-state index contributed by atoms with van der Waals surface area (Å²) < 4.78 is 36.3. The van der Waals surface area contributed by atoms with Gasteiger partial charge in [-0.25, -0.2) is 14.4 Å². The summed E-state index contributed by atoms with van der Waals surface area (Å²) in [7, 11) is 0. The molecular weight excluding hydrogens is 526 g/mol. The molecule has 0 saturated heterocycles. The molecule has 40 heavy (non-hydrogen) atoms. The SMILES string of the molecule is CCC(C)OC(=O)Oc1ccc(C[C@H](N)C(=O)OC[C@H](C)OC(=O)OC(C)(C)CC)cc1OC(=O)OC(C)CC. The van der Waals surface area contributed by atoms with Crippen molar-refractivity contribution in [3.8, 4) is 11.5 Å². The quantitative estimate of drug-likeness (QED) is 0.171. The van der Waals surface area contributed by atoms with Gasteiger partial charge in [-0.1, -0.05) is 26.8 Å². The molecule has 1 aromatic carbocycles. The zero-order chi connectivity index (χ0) is 30.5. The Bertz CT molecular complexity index is 994. The van der Waals surface area contributed by atoms with Crippen LogP contribution in [0.5, 0.6) is 11.5 Å². The van der Waals surface area contributed by atoms with Crippen molar-refractivity contribution in [3.63, 3.8) is 0 Å². The smallest absolute Gasteiger partial charge is 0.461 e. The average molecular weight is 570 g/mol. The van der Waals surface area contributed by atoms with E-state index >= 15 is 0 Å². The van der Waals surface area contributed by atoms with Crippen LogP contribution in [0.15, 0.2) is 18.2 Å². The van der Waals surface area contributed by atoms with Crippen LogP contribution in [0.1, 0.15) is 80.2 Å². The lowest BCUT2D eigenvalue weighted by Gasteiger charge is -2.24. The Kier molecular flexibility index (Phi) is 14.3. The minimum Gasteiger partial charge on any atom is -0.461 e. The Morgan fingerprint density at radius 2 is 1.32 bits per heavy atom. The van der Waals surface area contributed by atoms with Crippen molar-refractivity contribution in [3.05, 3.63) is 23.8 Å². The molecule has 0 saturated carbocycles. The lowest BCUT2D eigenvalue weighted by Crippen LogP contribution is -2.36. The van der Waals surface area contributed by atoms with Gasteiger partial charge in [-0.05, 0) is 78.0 Å². The van der Waals surface area contributed by atoms with Gasteiger partial charge in [0.1, 0.15) is 36.6 Å². The Morgan fingerprint density at radius 1 is 0.800 bits per heavy atom. The van der Waals surface area contributed by atoms with Crippen LogP contribution in [0.25, 0.3) is 0 Å². The molecule has 0 fully saturated rings. The van der Waals surface area contributed by atoms with E-state index in [0.29, 0.717) is 24.8 Å². The van der Waals surface area contributed by atoms with E-state index in [9.17, 15) is 19.2 Å². The van der Waals surface area contributed by atoms with Crippen molar-refractivity contribution < 1.29 is 52.3 Å². The van der Waals surface area contributed by atoms with Crippen LogP contribution in [0, 0.1) is 0 Å². The Balaban J connectivity index is 2.86. The van der Waals surface area contributed by atoms with Gasteiger partial charge in [-0.3, -0.25) is 4.79 Å². The Labute approximate surface area is 235 Å². The van der Waals surface area contributed by atoms with Gasteiger partial charge >= 0.3 is 24.4 Å². The van der Waals surface area contributed by atoms with Crippen LogP contribution in [0.3, 0.4) is 0 Å². The summed E-state index contributed by atoms with van der Waals surface area (Å²) >= 11 is 0. The summed E-state index contributed by atoms with van der Waals surface area (Å²) in [5.41, 5.74) is 5.81. The molecule has 4 atom stereocenters. The number of ether oxygens (including phenoxy) is 7. The molecule has 0 aliphatic heterocycles. The molecule has 1 aromatic rings. The highest BCUT2D eigenvalue weighted by molar-refractivity contribution is 5.76. The maximum atomic E-state index is 12.5. The highest BCUT2D eigenvalue weighted by Gasteiger charge is 2.25. The van der Waals surface area contributed by atoms with E-state index in [1.165, 1.54) is 12.1 Å². The van der Waals surface area contributed by atoms with E-state index in [1.807, 2.05) is 20.8 Å². The summed E-state index contributed by atoms with van der Waals surface area (Å²) in [6.45, 7) is 13.8. The lowest BCUT2D eigenvalue weighted by atomic mass is 10.1. The van der Waals surface area contributed by atoms with Crippen LogP contribution in [-0.2, 0) is 34.9 Å². The largest absolute Gasteiger partial charge is 0.514 e. The van der Waals surface area contributed by atoms with Gasteiger partial charge in [0, 0.05) is 0 Å². The molecule has 2 N–H and O–H groups in total. The third-order valence-corrected chi connectivity index (χ3v) is 5.87. The molecule has 0 bridgehead atoms. The normalized spacial score (nSPS) is 14.1. The van der Waals surface area contributed by atoms with Crippen molar-refractivity contribution in [2.24, 2.45) is 5.73 Å². The fourth-order valence-corrected chi connectivity index (χ4v) is 2.73. The number of esters is 1. The summed E-state index contributed by atoms with van der Waals surface area (Å²) in [4.78, 5) is 48.7. The van der Waals surface area contributed by atoms with Crippen molar-refractivity contribution >= 4 is 24.4 Å². The molecule has 0 heterocycles. The highest BCUT2D eigenvalue weighted by Crippen LogP contribution is 2.30. The number of hydrogen-bond donors (Lipinski definition) is 1. The first-order chi connectivity index (χ1) is 18.7. The molecule has 0 aliphatic carbocycles. The molecule has 0 aliphatic rings. The molecular formula is C28H43NO11. The minimum absolute atomic E-state index is 0.00479. The Hall–Kier alpha value is -3.54. The van der Waals surface area contributed by atoms with E-state index in [0.717, 1.165) is 0 Å². The van der Waals surface area contributed by atoms with Crippen molar-refractivity contribution in [2.75, 3.05) is 6.61 Å². The third-order valence-electron chi connectivity index (χ3n) is 5.87. The monoisotopic (exact) mass is 569 g/mol. The topological polar surface area (TPSA) is 159 Å². The fraction of sp³-hybridized carbons (Fsp3) is 0.643. The molecule has 0 spiro atoms. The van der Waals surface area contributed by atoms with Gasteiger partial charge in [0.2, 0.25) is 0 Å². The number of rotatable bonds is 14. The maximum absolute atomic E-state index is 12.5. The predicted molar refractivity (Wildman–Crippen MR) is 144 cm³/mol. The van der Waals surface area contributed by atoms with Gasteiger partial charge in [0.25, 0.3) is 0 Å². The van der Waals surface area contributed by atoms with E-state index in [2.05, 4.69) is 0 Å². The zero-order valence-electron chi connectivity index (χ0n) is 24.6. The van der Waals surface area contributed by atoms with Gasteiger partial charge in [0.15, 0.2) is 11.5 Å². The van der Waals surface area contributed by atoms with Crippen LogP contribution < -0.4 is 15.2 Å². The molecule has 0 radical (unpaired) electrons. The number of nitrogens with two attached hydrogens (primary N) is 1. The van der Waals surface area contributed by atoms with Crippen LogP contribution in [0.2, 0.25) is 0 Å². The summed E-state index contributed by atoms with van der Waals surface area (Å²) in [6, 6.07) is 3.23. The predicted octanol–water partition coefficient (Wildman–Crippen LogP) is 5.46. The van der Waals surface area contributed by atoms with E-state index in [-0.39, 0.29) is 30.6 Å². The Morgan fingerprint density at radius 3 is 1.85 bits per heavy atom. The second-order valence-electron chi connectivity index (χ2n) is 9.99. The van der Waals surface area contributed by atoms with E-state index in [1.54, 1.807) is 40.7 Å². The molecule has 12 nitrogen and oxygen atoms in total. The van der Waals surface area contributed by atoms with Crippen LogP contribution in [-0.4, -0.2) is 61.0 Å². The molecule has 0 amide bonds. The van der Waals surface area contributed by atoms with Gasteiger partial charge < -0.3 is 38.9 Å². The minimum atomic E-state index is -1.10. The van der Waals surface area contributed by atoms with Crippen molar-refractivity contribution in [1.29, 1.82) is 0 Å². The van der Waals surface area contributed by atoms with E-state index in [4.69, 9.17) is 38.9 Å². The van der Waals surface area contributed by atoms with Crippen LogP contribution in [0.4, 0.5) is 14.4 Å². The van der Waals surface area contributed by atoms with E-state index < -0.39 is 48.3 Å². The first kappa shape index (κ1) is 34.5. The van der Waals surface area contributed by atoms with Crippen molar-refractivity contribution in [1.82, 2.24) is 0 Å². The maximum Gasteiger partial charge on any atom is 0.514 e. The first-order valence-corrected chi connectivity index (χ1v) is 13.4. The number of benzene rings is 1. The molecule has 1 rings (SSSR count). The number of carbonyl (C=O) groups excluding carboxylic acids is 4. The first-order valence-electron chi connectivity index (χ1n) is 13.4. The van der Waals surface area contributed by atoms with Crippen molar-refractivity contribution in [2.45, 2.75) is 111 Å². The van der Waals surface area contributed by atoms with Gasteiger partial charge in [0.05, 0.1) is 0 Å². The second kappa shape index (κ2) is 16.5. The molecule has 2 unspecified atom stereocenters. The molecule has 0 aromatic heterocycles. The zero-order valence-corrected chi connectivity index (χ0v) is 24.6. The lowest BCUT2D eigenvalue weighted by molar-refractivity contribution is -0.148.